The molecule has 1 aromatic carbocycles. The lowest BCUT2D eigenvalue weighted by Gasteiger charge is -2.25. The minimum Gasteiger partial charge on any atom is -0.442 e. The predicted molar refractivity (Wildman–Crippen MR) is 123 cm³/mol. The molecule has 194 valence electrons. The minimum absolute atomic E-state index is 0.0482. The predicted octanol–water partition coefficient (Wildman–Crippen LogP) is 1.34. The minimum atomic E-state index is -0.832. The van der Waals surface area contributed by atoms with E-state index in [0.29, 0.717) is 5.69 Å². The number of halogens is 2. The van der Waals surface area contributed by atoms with Crippen LogP contribution in [0.1, 0.15) is 5.69 Å². The van der Waals surface area contributed by atoms with Gasteiger partial charge in [-0.25, -0.2) is 33.5 Å². The van der Waals surface area contributed by atoms with E-state index in [-0.39, 0.29) is 57.3 Å². The van der Waals surface area contributed by atoms with Crippen molar-refractivity contribution >= 4 is 23.6 Å². The van der Waals surface area contributed by atoms with Gasteiger partial charge in [-0.2, -0.15) is 0 Å². The number of carbonyl (C=O) groups excluding carboxylic acids is 2. The number of aromatic nitrogens is 5. The summed E-state index contributed by atoms with van der Waals surface area (Å²) in [6, 6.07) is 2.20. The number of benzene rings is 1. The molecule has 15 heteroatoms. The first-order valence-corrected chi connectivity index (χ1v) is 11.5. The van der Waals surface area contributed by atoms with Crippen LogP contribution in [0.4, 0.5) is 29.7 Å². The molecule has 0 unspecified atom stereocenters. The molecule has 37 heavy (non-hydrogen) atoms. The molecule has 0 bridgehead atoms. The van der Waals surface area contributed by atoms with Crippen molar-refractivity contribution < 1.29 is 27.8 Å². The van der Waals surface area contributed by atoms with Gasteiger partial charge in [0.25, 0.3) is 0 Å². The van der Waals surface area contributed by atoms with Gasteiger partial charge < -0.3 is 14.4 Å². The zero-order valence-corrected chi connectivity index (χ0v) is 19.5. The standard InChI is InChI=1S/C22H23F2N9O4/c23-18-9-16(32-13-17(37-21(32)34)12-31-6-3-27-29-31)10-19(24)20(18)30-5-4-28-33(8-7-30)22(35)36-14-15-11-25-1-2-26-15/h1-3,6,9-11,17,28H,4-5,7-8,12-14H2/t17-/m0/s1. The number of rotatable bonds is 6. The molecule has 2 aliphatic heterocycles. The number of ether oxygens (including phenoxy) is 2. The van der Waals surface area contributed by atoms with Gasteiger partial charge in [0.2, 0.25) is 0 Å². The topological polar surface area (TPSA) is 131 Å². The van der Waals surface area contributed by atoms with Gasteiger partial charge in [0.15, 0.2) is 11.6 Å². The fraction of sp³-hybridized carbons (Fsp3) is 0.364. The number of hydrazine groups is 1. The van der Waals surface area contributed by atoms with Crippen molar-refractivity contribution in [1.82, 2.24) is 35.4 Å². The van der Waals surface area contributed by atoms with Crippen LogP contribution in [0.15, 0.2) is 43.1 Å². The maximum atomic E-state index is 15.2. The summed E-state index contributed by atoms with van der Waals surface area (Å²) in [7, 11) is 0. The normalized spacial score (nSPS) is 18.1. The van der Waals surface area contributed by atoms with Gasteiger partial charge in [-0.15, -0.1) is 5.10 Å². The molecule has 1 N–H and O–H groups in total. The zero-order valence-electron chi connectivity index (χ0n) is 19.5. The molecule has 2 fully saturated rings. The van der Waals surface area contributed by atoms with Crippen LogP contribution in [0.5, 0.6) is 0 Å². The Bertz CT molecular complexity index is 1230. The van der Waals surface area contributed by atoms with Crippen LogP contribution < -0.4 is 15.2 Å². The highest BCUT2D eigenvalue weighted by Gasteiger charge is 2.34. The maximum Gasteiger partial charge on any atom is 0.424 e. The van der Waals surface area contributed by atoms with Crippen molar-refractivity contribution in [3.63, 3.8) is 0 Å². The number of anilines is 2. The molecule has 0 saturated carbocycles. The molecule has 2 aliphatic rings. The largest absolute Gasteiger partial charge is 0.442 e. The van der Waals surface area contributed by atoms with Gasteiger partial charge in [0, 0.05) is 50.4 Å². The molecule has 1 atom stereocenters. The van der Waals surface area contributed by atoms with Gasteiger partial charge in [-0.3, -0.25) is 14.9 Å². The highest BCUT2D eigenvalue weighted by molar-refractivity contribution is 5.90. The van der Waals surface area contributed by atoms with E-state index in [4.69, 9.17) is 9.47 Å². The Balaban J connectivity index is 1.21. The zero-order chi connectivity index (χ0) is 25.8. The number of nitrogens with one attached hydrogen (secondary N) is 1. The lowest BCUT2D eigenvalue weighted by Crippen LogP contribution is -2.43. The Labute approximate surface area is 209 Å². The second-order valence-electron chi connectivity index (χ2n) is 8.30. The third-order valence-corrected chi connectivity index (χ3v) is 5.82. The second kappa shape index (κ2) is 10.7. The van der Waals surface area contributed by atoms with E-state index in [1.807, 2.05) is 0 Å². The molecular formula is C22H23F2N9O4. The fourth-order valence-corrected chi connectivity index (χ4v) is 4.11. The summed E-state index contributed by atoms with van der Waals surface area (Å²) in [5, 5.41) is 8.77. The highest BCUT2D eigenvalue weighted by Crippen LogP contribution is 2.31. The Morgan fingerprint density at radius 1 is 1.16 bits per heavy atom. The summed E-state index contributed by atoms with van der Waals surface area (Å²) < 4.78 is 42.4. The average Bonchev–Trinajstić information content (AvgIpc) is 3.46. The van der Waals surface area contributed by atoms with Crippen molar-refractivity contribution in [2.75, 3.05) is 42.5 Å². The van der Waals surface area contributed by atoms with Gasteiger partial charge in [-0.05, 0) is 0 Å². The smallest absolute Gasteiger partial charge is 0.424 e. The van der Waals surface area contributed by atoms with Crippen LogP contribution in [-0.4, -0.2) is 81.0 Å². The summed E-state index contributed by atoms with van der Waals surface area (Å²) in [4.78, 5) is 35.4. The number of hydrogen-bond donors (Lipinski definition) is 1. The molecule has 0 radical (unpaired) electrons. The van der Waals surface area contributed by atoms with E-state index in [9.17, 15) is 9.59 Å². The molecule has 3 aromatic rings. The molecule has 13 nitrogen and oxygen atoms in total. The Hall–Kier alpha value is -4.40. The molecule has 2 aromatic heterocycles. The van der Waals surface area contributed by atoms with Crippen LogP contribution in [0.25, 0.3) is 0 Å². The number of hydrogen-bond acceptors (Lipinski definition) is 10. The first-order valence-electron chi connectivity index (χ1n) is 11.5. The van der Waals surface area contributed by atoms with Gasteiger partial charge in [0.1, 0.15) is 18.4 Å². The van der Waals surface area contributed by atoms with E-state index in [0.717, 1.165) is 12.1 Å². The Morgan fingerprint density at radius 3 is 2.73 bits per heavy atom. The summed E-state index contributed by atoms with van der Waals surface area (Å²) in [6.07, 6.45) is 5.72. The van der Waals surface area contributed by atoms with Crippen molar-refractivity contribution in [1.29, 1.82) is 0 Å². The van der Waals surface area contributed by atoms with Crippen molar-refractivity contribution in [3.05, 3.63) is 60.4 Å². The first kappa shape index (κ1) is 24.3. The van der Waals surface area contributed by atoms with Crippen LogP contribution in [0.3, 0.4) is 0 Å². The number of nitrogens with zero attached hydrogens (tertiary/aromatic N) is 8. The number of carbonyl (C=O) groups is 2. The fourth-order valence-electron chi connectivity index (χ4n) is 4.11. The molecule has 2 saturated heterocycles. The van der Waals surface area contributed by atoms with Gasteiger partial charge in [0.05, 0.1) is 43.4 Å². The Kier molecular flexibility index (Phi) is 7.02. The molecular weight excluding hydrogens is 492 g/mol. The molecule has 2 amide bonds. The highest BCUT2D eigenvalue weighted by atomic mass is 19.1. The summed E-state index contributed by atoms with van der Waals surface area (Å²) in [5.74, 6) is -1.66. The molecule has 0 spiro atoms. The lowest BCUT2D eigenvalue weighted by atomic mass is 10.2. The van der Waals surface area contributed by atoms with E-state index in [1.165, 1.54) is 44.3 Å². The average molecular weight is 515 g/mol. The van der Waals surface area contributed by atoms with E-state index in [1.54, 1.807) is 6.20 Å². The molecule has 5 rings (SSSR count). The molecule has 0 aliphatic carbocycles. The quantitative estimate of drug-likeness (QED) is 0.513. The summed E-state index contributed by atoms with van der Waals surface area (Å²) in [6.45, 7) is 1.04. The van der Waals surface area contributed by atoms with Crippen molar-refractivity contribution in [3.8, 4) is 0 Å². The number of cyclic esters (lactones) is 1. The van der Waals surface area contributed by atoms with Crippen molar-refractivity contribution in [2.24, 2.45) is 0 Å². The van der Waals surface area contributed by atoms with E-state index in [2.05, 4.69) is 25.7 Å². The maximum absolute atomic E-state index is 15.2. The second-order valence-corrected chi connectivity index (χ2v) is 8.30. The van der Waals surface area contributed by atoms with Crippen LogP contribution in [-0.2, 0) is 22.6 Å². The third kappa shape index (κ3) is 5.55. The molecule has 4 heterocycles. The summed E-state index contributed by atoms with van der Waals surface area (Å²) >= 11 is 0. The lowest BCUT2D eigenvalue weighted by molar-refractivity contribution is 0.0802. The van der Waals surface area contributed by atoms with Crippen LogP contribution >= 0.6 is 0 Å². The first-order chi connectivity index (χ1) is 18.0. The monoisotopic (exact) mass is 515 g/mol. The van der Waals surface area contributed by atoms with Crippen LogP contribution in [0, 0.1) is 11.6 Å². The Morgan fingerprint density at radius 2 is 2.00 bits per heavy atom. The van der Waals surface area contributed by atoms with E-state index < -0.39 is 29.9 Å². The SMILES string of the molecule is O=C(OCc1cnccn1)N1CCN(c2c(F)cc(N3C[C@H](Cn4ccnn4)OC3=O)cc2F)CCN1. The van der Waals surface area contributed by atoms with Gasteiger partial charge in [-0.1, -0.05) is 5.21 Å². The summed E-state index contributed by atoms with van der Waals surface area (Å²) in [5.41, 5.74) is 3.19. The van der Waals surface area contributed by atoms with E-state index >= 15 is 8.78 Å². The van der Waals surface area contributed by atoms with Crippen molar-refractivity contribution in [2.45, 2.75) is 19.3 Å². The van der Waals surface area contributed by atoms with Gasteiger partial charge >= 0.3 is 12.2 Å². The van der Waals surface area contributed by atoms with Crippen LogP contribution in [0.2, 0.25) is 0 Å². The number of amides is 2. The third-order valence-electron chi connectivity index (χ3n) is 5.82.